The first-order valence-electron chi connectivity index (χ1n) is 9.96. The molecule has 0 aromatic heterocycles. The fraction of sp³-hybridized carbons (Fsp3) is 0.476. The number of methoxy groups -OCH3 is 1. The Morgan fingerprint density at radius 2 is 1.87 bits per heavy atom. The summed E-state index contributed by atoms with van der Waals surface area (Å²) in [6.45, 7) is 5.24. The number of hydrogen-bond donors (Lipinski definition) is 2. The number of urea groups is 1. The number of allylic oxidation sites excluding steroid dienone is 1. The minimum Gasteiger partial charge on any atom is -0.493 e. The number of nitrogens with one attached hydrogen (secondary N) is 2. The van der Waals surface area contributed by atoms with E-state index in [-0.39, 0.29) is 31.3 Å². The Morgan fingerprint density at radius 3 is 2.48 bits per heavy atom. The molecule has 1 saturated heterocycles. The van der Waals surface area contributed by atoms with E-state index in [0.29, 0.717) is 22.7 Å². The predicted molar refractivity (Wildman–Crippen MR) is 113 cm³/mol. The summed E-state index contributed by atoms with van der Waals surface area (Å²) in [7, 11) is 1.42. The number of ether oxygens (including phenoxy) is 4. The zero-order chi connectivity index (χ0) is 23.0. The van der Waals surface area contributed by atoms with Crippen molar-refractivity contribution in [2.24, 2.45) is 5.92 Å². The quantitative estimate of drug-likeness (QED) is 0.551. The van der Waals surface area contributed by atoms with Crippen molar-refractivity contribution in [3.05, 3.63) is 34.5 Å². The Labute approximate surface area is 186 Å². The van der Waals surface area contributed by atoms with Crippen LogP contribution < -0.4 is 20.1 Å². The zero-order valence-corrected chi connectivity index (χ0v) is 18.7. The summed E-state index contributed by atoms with van der Waals surface area (Å²) in [4.78, 5) is 37.0. The largest absolute Gasteiger partial charge is 0.493 e. The second-order valence-electron chi connectivity index (χ2n) is 6.49. The standard InChI is InChI=1S/C21H27ClN2O7/c1-5-8-14-17(20(26)30-7-3)18(24-21(27)23-14)13-9-12(22)10-15(28-4)19(13)31-11-16(25)29-6-2/h8-10,17-18H,5-7,11H2,1-4H3,(H2,23,24,27)/b14-8+/t17-,18-/m1/s1. The smallest absolute Gasteiger partial charge is 0.344 e. The third kappa shape index (κ3) is 6.04. The van der Waals surface area contributed by atoms with Crippen molar-refractivity contribution in [2.75, 3.05) is 26.9 Å². The maximum atomic E-state index is 12.8. The normalized spacial score (nSPS) is 19.3. The van der Waals surface area contributed by atoms with Crippen molar-refractivity contribution in [1.29, 1.82) is 0 Å². The molecule has 0 saturated carbocycles. The molecule has 0 spiro atoms. The Hall–Kier alpha value is -2.94. The van der Waals surface area contributed by atoms with Crippen molar-refractivity contribution >= 4 is 29.6 Å². The first kappa shape index (κ1) is 24.3. The van der Waals surface area contributed by atoms with Gasteiger partial charge in [-0.25, -0.2) is 9.59 Å². The molecule has 1 aromatic carbocycles. The lowest BCUT2D eigenvalue weighted by Crippen LogP contribution is -2.51. The lowest BCUT2D eigenvalue weighted by atomic mass is 9.87. The van der Waals surface area contributed by atoms with Gasteiger partial charge in [-0.05, 0) is 26.3 Å². The maximum absolute atomic E-state index is 12.8. The van der Waals surface area contributed by atoms with Crippen LogP contribution in [0.5, 0.6) is 11.5 Å². The van der Waals surface area contributed by atoms with Crippen LogP contribution in [-0.4, -0.2) is 44.9 Å². The highest BCUT2D eigenvalue weighted by atomic mass is 35.5. The number of benzene rings is 1. The van der Waals surface area contributed by atoms with Crippen LogP contribution in [0.3, 0.4) is 0 Å². The van der Waals surface area contributed by atoms with Gasteiger partial charge in [0.05, 0.1) is 26.4 Å². The van der Waals surface area contributed by atoms with E-state index in [0.717, 1.165) is 0 Å². The molecule has 0 unspecified atom stereocenters. The predicted octanol–water partition coefficient (Wildman–Crippen LogP) is 3.12. The molecule has 2 amide bonds. The maximum Gasteiger partial charge on any atom is 0.344 e. The van der Waals surface area contributed by atoms with Crippen LogP contribution in [0, 0.1) is 5.92 Å². The van der Waals surface area contributed by atoms with Crippen molar-refractivity contribution in [3.8, 4) is 11.5 Å². The summed E-state index contributed by atoms with van der Waals surface area (Å²) >= 11 is 6.27. The van der Waals surface area contributed by atoms with E-state index in [9.17, 15) is 14.4 Å². The molecular weight excluding hydrogens is 428 g/mol. The molecule has 1 aliphatic rings. The highest BCUT2D eigenvalue weighted by molar-refractivity contribution is 6.30. The molecule has 1 aromatic rings. The van der Waals surface area contributed by atoms with Crippen LogP contribution in [0.1, 0.15) is 38.8 Å². The van der Waals surface area contributed by atoms with Gasteiger partial charge in [0.2, 0.25) is 0 Å². The molecule has 0 bridgehead atoms. The van der Waals surface area contributed by atoms with Gasteiger partial charge in [-0.2, -0.15) is 0 Å². The van der Waals surface area contributed by atoms with E-state index >= 15 is 0 Å². The van der Waals surface area contributed by atoms with Crippen LogP contribution in [0.25, 0.3) is 0 Å². The number of carbonyl (C=O) groups is 3. The minimum atomic E-state index is -0.884. The first-order chi connectivity index (χ1) is 14.9. The topological polar surface area (TPSA) is 112 Å². The molecule has 10 heteroatoms. The van der Waals surface area contributed by atoms with E-state index in [1.54, 1.807) is 26.0 Å². The molecule has 2 rings (SSSR count). The molecule has 0 radical (unpaired) electrons. The van der Waals surface area contributed by atoms with Gasteiger partial charge < -0.3 is 29.6 Å². The van der Waals surface area contributed by atoms with Crippen molar-refractivity contribution in [3.63, 3.8) is 0 Å². The summed E-state index contributed by atoms with van der Waals surface area (Å²) in [5.41, 5.74) is 0.772. The van der Waals surface area contributed by atoms with Gasteiger partial charge in [-0.3, -0.25) is 4.79 Å². The Kier molecular flexibility index (Phi) is 8.99. The monoisotopic (exact) mass is 454 g/mol. The number of esters is 2. The minimum absolute atomic E-state index is 0.164. The van der Waals surface area contributed by atoms with Gasteiger partial charge in [0.15, 0.2) is 18.1 Å². The molecule has 1 fully saturated rings. The van der Waals surface area contributed by atoms with E-state index in [4.69, 9.17) is 30.5 Å². The fourth-order valence-corrected chi connectivity index (χ4v) is 3.48. The zero-order valence-electron chi connectivity index (χ0n) is 18.0. The molecule has 2 N–H and O–H groups in total. The molecule has 170 valence electrons. The average molecular weight is 455 g/mol. The van der Waals surface area contributed by atoms with Crippen LogP contribution >= 0.6 is 11.6 Å². The third-order valence-electron chi connectivity index (χ3n) is 4.42. The van der Waals surface area contributed by atoms with E-state index in [2.05, 4.69) is 10.6 Å². The summed E-state index contributed by atoms with van der Waals surface area (Å²) in [5.74, 6) is -1.59. The van der Waals surface area contributed by atoms with E-state index in [1.807, 2.05) is 6.92 Å². The second-order valence-corrected chi connectivity index (χ2v) is 6.93. The van der Waals surface area contributed by atoms with E-state index < -0.39 is 29.9 Å². The lowest BCUT2D eigenvalue weighted by Gasteiger charge is -2.34. The summed E-state index contributed by atoms with van der Waals surface area (Å²) in [5, 5.41) is 5.71. The SMILES string of the molecule is CC/C=C1/NC(=O)N[C@H](c2cc(Cl)cc(OC)c2OCC(=O)OCC)[C@@H]1C(=O)OCC. The number of hydrogen-bond acceptors (Lipinski definition) is 7. The van der Waals surface area contributed by atoms with E-state index in [1.165, 1.54) is 13.2 Å². The average Bonchev–Trinajstić information content (AvgIpc) is 2.72. The lowest BCUT2D eigenvalue weighted by molar-refractivity contribution is -0.148. The van der Waals surface area contributed by atoms with Gasteiger partial charge in [0.25, 0.3) is 0 Å². The van der Waals surface area contributed by atoms with Gasteiger partial charge >= 0.3 is 18.0 Å². The molecule has 9 nitrogen and oxygen atoms in total. The number of carbonyl (C=O) groups excluding carboxylic acids is 3. The Morgan fingerprint density at radius 1 is 1.16 bits per heavy atom. The van der Waals surface area contributed by atoms with Gasteiger partial charge in [-0.1, -0.05) is 24.6 Å². The third-order valence-corrected chi connectivity index (χ3v) is 4.64. The molecule has 0 aliphatic carbocycles. The first-order valence-corrected chi connectivity index (χ1v) is 10.3. The van der Waals surface area contributed by atoms with Crippen LogP contribution in [-0.2, 0) is 19.1 Å². The highest BCUT2D eigenvalue weighted by Crippen LogP contribution is 2.42. The summed E-state index contributed by atoms with van der Waals surface area (Å²) in [6, 6.07) is 1.68. The fourth-order valence-electron chi connectivity index (χ4n) is 3.26. The second kappa shape index (κ2) is 11.5. The number of rotatable bonds is 9. The molecular formula is C21H27ClN2O7. The summed E-state index contributed by atoms with van der Waals surface area (Å²) < 4.78 is 21.2. The van der Waals surface area contributed by atoms with Crippen LogP contribution in [0.4, 0.5) is 4.79 Å². The van der Waals surface area contributed by atoms with Gasteiger partial charge in [-0.15, -0.1) is 0 Å². The van der Waals surface area contributed by atoms with Crippen molar-refractivity contribution < 1.29 is 33.3 Å². The molecule has 2 atom stereocenters. The van der Waals surface area contributed by atoms with Crippen LogP contribution in [0.2, 0.25) is 5.02 Å². The van der Waals surface area contributed by atoms with Crippen LogP contribution in [0.15, 0.2) is 23.9 Å². The molecule has 31 heavy (non-hydrogen) atoms. The molecule has 1 heterocycles. The Bertz CT molecular complexity index is 856. The van der Waals surface area contributed by atoms with Gasteiger partial charge in [0, 0.05) is 22.3 Å². The summed E-state index contributed by atoms with van der Waals surface area (Å²) in [6.07, 6.45) is 2.33. The Balaban J connectivity index is 2.58. The number of amides is 2. The van der Waals surface area contributed by atoms with Gasteiger partial charge in [0.1, 0.15) is 5.92 Å². The number of halogens is 1. The molecule has 1 aliphatic heterocycles. The van der Waals surface area contributed by atoms with Crippen molar-refractivity contribution in [1.82, 2.24) is 10.6 Å². The van der Waals surface area contributed by atoms with Crippen molar-refractivity contribution in [2.45, 2.75) is 33.2 Å². The highest BCUT2D eigenvalue weighted by Gasteiger charge is 2.41.